The van der Waals surface area contributed by atoms with Gasteiger partial charge in [-0.2, -0.15) is 0 Å². The van der Waals surface area contributed by atoms with Crippen molar-refractivity contribution >= 4 is 5.69 Å². The number of nitrogens with one attached hydrogen (secondary N) is 2. The van der Waals surface area contributed by atoms with Gasteiger partial charge in [-0.1, -0.05) is 76.7 Å². The second kappa shape index (κ2) is 13.1. The van der Waals surface area contributed by atoms with Crippen LogP contribution < -0.4 is 10.6 Å². The molecule has 0 aliphatic heterocycles. The molecule has 1 aromatic carbocycles. The van der Waals surface area contributed by atoms with Gasteiger partial charge in [0.05, 0.1) is 11.9 Å². The van der Waals surface area contributed by atoms with Gasteiger partial charge in [0, 0.05) is 6.07 Å². The van der Waals surface area contributed by atoms with E-state index in [1.165, 1.54) is 42.9 Å². The summed E-state index contributed by atoms with van der Waals surface area (Å²) >= 11 is 0. The van der Waals surface area contributed by atoms with E-state index in [2.05, 4.69) is 50.5 Å². The van der Waals surface area contributed by atoms with E-state index >= 15 is 0 Å². The summed E-state index contributed by atoms with van der Waals surface area (Å²) in [6, 6.07) is 2.46. The Labute approximate surface area is 195 Å². The van der Waals surface area contributed by atoms with Gasteiger partial charge in [-0.3, -0.25) is 5.32 Å². The molecule has 1 aliphatic rings. The molecule has 2 rings (SSSR count). The van der Waals surface area contributed by atoms with Crippen LogP contribution in [0.3, 0.4) is 0 Å². The monoisotopic (exact) mass is 446 g/mol. The van der Waals surface area contributed by atoms with Crippen molar-refractivity contribution < 1.29 is 8.78 Å². The molecule has 0 amide bonds. The summed E-state index contributed by atoms with van der Waals surface area (Å²) in [5.41, 5.74) is 4.30. The molecule has 1 unspecified atom stereocenters. The molecule has 0 spiro atoms. The minimum absolute atomic E-state index is 0.0725. The highest BCUT2D eigenvalue weighted by molar-refractivity contribution is 5.53. The number of anilines is 1. The van der Waals surface area contributed by atoms with E-state index in [0.717, 1.165) is 44.7 Å². The smallest absolute Gasteiger partial charge is 0.149 e. The summed E-state index contributed by atoms with van der Waals surface area (Å²) in [5.74, 6) is -1.02. The molecule has 0 radical (unpaired) electrons. The molecular formula is C28H44F2N2. The van der Waals surface area contributed by atoms with Gasteiger partial charge >= 0.3 is 0 Å². The Hall–Kier alpha value is -1.68. The quantitative estimate of drug-likeness (QED) is 0.235. The lowest BCUT2D eigenvalue weighted by Gasteiger charge is -2.23. The van der Waals surface area contributed by atoms with Gasteiger partial charge in [-0.15, -0.1) is 0 Å². The molecule has 0 saturated heterocycles. The maximum Gasteiger partial charge on any atom is 0.149 e. The third kappa shape index (κ3) is 9.85. The zero-order valence-corrected chi connectivity index (χ0v) is 20.9. The molecule has 1 aromatic rings. The number of hydrogen-bond acceptors (Lipinski definition) is 2. The normalized spacial score (nSPS) is 15.3. The van der Waals surface area contributed by atoms with Gasteiger partial charge in [0.2, 0.25) is 0 Å². The number of halogens is 2. The second-order valence-electron chi connectivity index (χ2n) is 10.5. The number of aryl methyl sites for hydroxylation is 1. The van der Waals surface area contributed by atoms with E-state index in [-0.39, 0.29) is 6.17 Å². The van der Waals surface area contributed by atoms with Gasteiger partial charge in [-0.25, -0.2) is 8.78 Å². The Morgan fingerprint density at radius 3 is 2.28 bits per heavy atom. The predicted molar refractivity (Wildman–Crippen MR) is 134 cm³/mol. The Bertz CT molecular complexity index is 774. The lowest BCUT2D eigenvalue weighted by Crippen LogP contribution is -2.34. The highest BCUT2D eigenvalue weighted by Crippen LogP contribution is 2.32. The van der Waals surface area contributed by atoms with Crippen LogP contribution in [0.1, 0.15) is 98.0 Å². The van der Waals surface area contributed by atoms with Crippen molar-refractivity contribution in [2.45, 2.75) is 105 Å². The zero-order valence-electron chi connectivity index (χ0n) is 20.9. The van der Waals surface area contributed by atoms with Crippen LogP contribution in [0.4, 0.5) is 14.5 Å². The largest absolute Gasteiger partial charge is 0.368 e. The molecule has 32 heavy (non-hydrogen) atoms. The summed E-state index contributed by atoms with van der Waals surface area (Å²) in [7, 11) is 0. The Balaban J connectivity index is 1.93. The standard InChI is InChI=1S/C28H44F2N2/c1-6-7-8-9-10-17-31-21(2)32-27-24(18-25(29)19-26(27)30)16-15-22-11-13-23(14-12-22)20-28(3,4)5/h11,13,18-19,21,31-32H,6-10,12,14-17,20H2,1-5H3. The number of rotatable bonds is 13. The van der Waals surface area contributed by atoms with Crippen molar-refractivity contribution in [3.8, 4) is 0 Å². The van der Waals surface area contributed by atoms with E-state index in [1.54, 1.807) is 0 Å². The topological polar surface area (TPSA) is 24.1 Å². The van der Waals surface area contributed by atoms with Crippen LogP contribution in [-0.4, -0.2) is 12.7 Å². The first kappa shape index (κ1) is 26.6. The van der Waals surface area contributed by atoms with Crippen molar-refractivity contribution in [2.24, 2.45) is 5.41 Å². The SMILES string of the molecule is CCCCCCCNC(C)Nc1c(F)cc(F)cc1CCC1=CC=C(CC(C)(C)C)CC1. The summed E-state index contributed by atoms with van der Waals surface area (Å²) in [5, 5.41) is 6.66. The number of unbranched alkanes of at least 4 members (excludes halogenated alkanes) is 4. The minimum atomic E-state index is -0.512. The van der Waals surface area contributed by atoms with Crippen LogP contribution in [0, 0.1) is 17.0 Å². The van der Waals surface area contributed by atoms with Crippen LogP contribution in [0.5, 0.6) is 0 Å². The maximum atomic E-state index is 14.6. The van der Waals surface area contributed by atoms with E-state index < -0.39 is 11.6 Å². The molecule has 0 fully saturated rings. The van der Waals surface area contributed by atoms with Gasteiger partial charge in [-0.05, 0) is 69.0 Å². The Morgan fingerprint density at radius 2 is 1.62 bits per heavy atom. The maximum absolute atomic E-state index is 14.6. The molecular weight excluding hydrogens is 402 g/mol. The molecule has 2 N–H and O–H groups in total. The average molecular weight is 447 g/mol. The number of benzene rings is 1. The fraction of sp³-hybridized carbons (Fsp3) is 0.643. The Morgan fingerprint density at radius 1 is 0.938 bits per heavy atom. The van der Waals surface area contributed by atoms with Crippen molar-refractivity contribution in [3.05, 3.63) is 52.6 Å². The average Bonchev–Trinajstić information content (AvgIpc) is 2.71. The van der Waals surface area contributed by atoms with Crippen molar-refractivity contribution in [2.75, 3.05) is 11.9 Å². The molecule has 4 heteroatoms. The molecule has 2 nitrogen and oxygen atoms in total. The van der Waals surface area contributed by atoms with Crippen molar-refractivity contribution in [1.82, 2.24) is 5.32 Å². The lowest BCUT2D eigenvalue weighted by molar-refractivity contribution is 0.403. The van der Waals surface area contributed by atoms with Crippen LogP contribution in [0.2, 0.25) is 0 Å². The van der Waals surface area contributed by atoms with Crippen LogP contribution >= 0.6 is 0 Å². The lowest BCUT2D eigenvalue weighted by atomic mass is 9.83. The highest BCUT2D eigenvalue weighted by Gasteiger charge is 2.17. The first-order valence-corrected chi connectivity index (χ1v) is 12.5. The van der Waals surface area contributed by atoms with Gasteiger partial charge in [0.25, 0.3) is 0 Å². The van der Waals surface area contributed by atoms with Gasteiger partial charge in [0.15, 0.2) is 0 Å². The third-order valence-corrected chi connectivity index (χ3v) is 6.02. The van der Waals surface area contributed by atoms with Crippen molar-refractivity contribution in [1.29, 1.82) is 0 Å². The summed E-state index contributed by atoms with van der Waals surface area (Å²) in [4.78, 5) is 0. The number of allylic oxidation sites excluding steroid dienone is 4. The fourth-order valence-electron chi connectivity index (χ4n) is 4.36. The molecule has 0 heterocycles. The summed E-state index contributed by atoms with van der Waals surface area (Å²) in [6.07, 6.45) is 15.2. The predicted octanol–water partition coefficient (Wildman–Crippen LogP) is 8.30. The van der Waals surface area contributed by atoms with Crippen LogP contribution in [0.25, 0.3) is 0 Å². The zero-order chi connectivity index (χ0) is 23.6. The minimum Gasteiger partial charge on any atom is -0.368 e. The summed E-state index contributed by atoms with van der Waals surface area (Å²) < 4.78 is 28.6. The van der Waals surface area contributed by atoms with Crippen molar-refractivity contribution in [3.63, 3.8) is 0 Å². The van der Waals surface area contributed by atoms with E-state index in [0.29, 0.717) is 23.1 Å². The molecule has 0 saturated carbocycles. The van der Waals surface area contributed by atoms with Crippen LogP contribution in [0.15, 0.2) is 35.4 Å². The van der Waals surface area contributed by atoms with Crippen LogP contribution in [-0.2, 0) is 6.42 Å². The first-order chi connectivity index (χ1) is 15.2. The number of hydrogen-bond donors (Lipinski definition) is 2. The fourth-order valence-corrected chi connectivity index (χ4v) is 4.36. The molecule has 180 valence electrons. The highest BCUT2D eigenvalue weighted by atomic mass is 19.1. The van der Waals surface area contributed by atoms with E-state index in [9.17, 15) is 8.78 Å². The Kier molecular flexibility index (Phi) is 10.9. The third-order valence-electron chi connectivity index (χ3n) is 6.02. The molecule has 0 aromatic heterocycles. The second-order valence-corrected chi connectivity index (χ2v) is 10.5. The van der Waals surface area contributed by atoms with Gasteiger partial charge < -0.3 is 5.32 Å². The van der Waals surface area contributed by atoms with Gasteiger partial charge in [0.1, 0.15) is 11.6 Å². The first-order valence-electron chi connectivity index (χ1n) is 12.5. The van der Waals surface area contributed by atoms with E-state index in [4.69, 9.17) is 0 Å². The molecule has 0 bridgehead atoms. The molecule has 1 atom stereocenters. The summed E-state index contributed by atoms with van der Waals surface area (Å²) in [6.45, 7) is 11.9. The molecule has 1 aliphatic carbocycles. The van der Waals surface area contributed by atoms with E-state index in [1.807, 2.05) is 6.92 Å².